The van der Waals surface area contributed by atoms with E-state index < -0.39 is 0 Å². The van der Waals surface area contributed by atoms with Gasteiger partial charge >= 0.3 is 0 Å². The average molecular weight is 200 g/mol. The molecule has 0 radical (unpaired) electrons. The van der Waals surface area contributed by atoms with Gasteiger partial charge in [-0.25, -0.2) is 4.98 Å². The first-order valence-electron chi connectivity index (χ1n) is 3.37. The monoisotopic (exact) mass is 199 g/mol. The topological polar surface area (TPSA) is 52.5 Å². The van der Waals surface area contributed by atoms with Gasteiger partial charge in [0.05, 0.1) is 5.69 Å². The summed E-state index contributed by atoms with van der Waals surface area (Å²) in [5.41, 5.74) is 0.896. The first-order valence-corrected chi connectivity index (χ1v) is 4.16. The second kappa shape index (κ2) is 3.65. The Morgan fingerprint density at radius 2 is 2.42 bits per heavy atom. The lowest BCUT2D eigenvalue weighted by atomic mass is 10.3. The minimum Gasteiger partial charge on any atom is -0.333 e. The number of nitriles is 1. The van der Waals surface area contributed by atoms with E-state index in [1.165, 1.54) is 0 Å². The smallest absolute Gasteiger partial charge is 0.176 e. The van der Waals surface area contributed by atoms with Gasteiger partial charge in [-0.3, -0.25) is 0 Å². The van der Waals surface area contributed by atoms with Crippen molar-refractivity contribution in [1.82, 2.24) is 9.97 Å². The summed E-state index contributed by atoms with van der Waals surface area (Å²) >= 11 is 10.6. The summed E-state index contributed by atoms with van der Waals surface area (Å²) in [7, 11) is 0. The Labute approximate surface area is 80.0 Å². The van der Waals surface area contributed by atoms with Crippen molar-refractivity contribution < 1.29 is 0 Å². The maximum atomic E-state index is 8.58. The third-order valence-corrected chi connectivity index (χ3v) is 1.99. The molecule has 1 rings (SSSR count). The number of aromatic amines is 1. The normalized spacial score (nSPS) is 9.42. The molecule has 1 aromatic heterocycles. The molecule has 5 heteroatoms. The van der Waals surface area contributed by atoms with E-state index in [2.05, 4.69) is 9.97 Å². The van der Waals surface area contributed by atoms with Gasteiger partial charge in [-0.05, 0) is 6.42 Å². The van der Waals surface area contributed by atoms with Crippen molar-refractivity contribution in [3.8, 4) is 6.07 Å². The van der Waals surface area contributed by atoms with Crippen molar-refractivity contribution in [1.29, 1.82) is 5.26 Å². The number of H-pyrrole nitrogens is 1. The lowest BCUT2D eigenvalue weighted by Crippen LogP contribution is -1.96. The van der Waals surface area contributed by atoms with Crippen LogP contribution in [0.15, 0.2) is 0 Å². The van der Waals surface area contributed by atoms with Crippen LogP contribution in [-0.4, -0.2) is 9.97 Å². The van der Waals surface area contributed by atoms with Crippen molar-refractivity contribution in [3.63, 3.8) is 0 Å². The van der Waals surface area contributed by atoms with Crippen LogP contribution in [0.3, 0.4) is 0 Å². The van der Waals surface area contributed by atoms with Crippen LogP contribution in [0.4, 0.5) is 0 Å². The van der Waals surface area contributed by atoms with E-state index in [1.807, 2.05) is 13.0 Å². The summed E-state index contributed by atoms with van der Waals surface area (Å²) in [6, 6.07) is 1.88. The van der Waals surface area contributed by atoms with E-state index >= 15 is 0 Å². The molecule has 0 aliphatic rings. The van der Waals surface area contributed by atoms with Crippen molar-refractivity contribution in [2.75, 3.05) is 0 Å². The fraction of sp³-hybridized carbons (Fsp3) is 0.286. The maximum Gasteiger partial charge on any atom is 0.176 e. The second-order valence-corrected chi connectivity index (χ2v) is 2.93. The largest absolute Gasteiger partial charge is 0.333 e. The minimum absolute atomic E-state index is 0.196. The Hall–Kier alpha value is -0.920. The molecule has 0 saturated heterocycles. The maximum absolute atomic E-state index is 8.58. The summed E-state index contributed by atoms with van der Waals surface area (Å²) < 4.78 is 0.501. The van der Waals surface area contributed by atoms with Crippen molar-refractivity contribution in [2.24, 2.45) is 0 Å². The molecule has 1 heterocycles. The SMILES string of the molecule is CCc1nc(C#N)c(Cl)[nH]c1=S. The molecule has 1 aromatic rings. The number of nitrogens with zero attached hydrogens (tertiary/aromatic N) is 2. The van der Waals surface area contributed by atoms with Gasteiger partial charge in [0.25, 0.3) is 0 Å². The predicted molar refractivity (Wildman–Crippen MR) is 48.5 cm³/mol. The van der Waals surface area contributed by atoms with Crippen LogP contribution in [0, 0.1) is 16.0 Å². The predicted octanol–water partition coefficient (Wildman–Crippen LogP) is 2.23. The summed E-state index contributed by atoms with van der Waals surface area (Å²) in [6.45, 7) is 1.92. The zero-order valence-corrected chi connectivity index (χ0v) is 7.96. The Morgan fingerprint density at radius 1 is 1.75 bits per heavy atom. The molecule has 3 nitrogen and oxygen atoms in total. The number of aryl methyl sites for hydroxylation is 1. The minimum atomic E-state index is 0.196. The number of nitrogens with one attached hydrogen (secondary N) is 1. The highest BCUT2D eigenvalue weighted by molar-refractivity contribution is 7.71. The van der Waals surface area contributed by atoms with Crippen molar-refractivity contribution >= 4 is 23.8 Å². The summed E-state index contributed by atoms with van der Waals surface area (Å²) in [5, 5.41) is 8.79. The summed E-state index contributed by atoms with van der Waals surface area (Å²) in [4.78, 5) is 6.68. The molecule has 0 unspecified atom stereocenters. The molecule has 0 aromatic carbocycles. The fourth-order valence-electron chi connectivity index (χ4n) is 0.780. The van der Waals surface area contributed by atoms with Gasteiger partial charge in [-0.2, -0.15) is 5.26 Å². The van der Waals surface area contributed by atoms with Crippen molar-refractivity contribution in [2.45, 2.75) is 13.3 Å². The lowest BCUT2D eigenvalue weighted by Gasteiger charge is -1.98. The fourth-order valence-corrected chi connectivity index (χ4v) is 1.31. The van der Waals surface area contributed by atoms with E-state index in [0.717, 1.165) is 0 Å². The van der Waals surface area contributed by atoms with Gasteiger partial charge < -0.3 is 4.98 Å². The lowest BCUT2D eigenvalue weighted by molar-refractivity contribution is 0.975. The van der Waals surface area contributed by atoms with Gasteiger partial charge in [0.2, 0.25) is 0 Å². The highest BCUT2D eigenvalue weighted by atomic mass is 35.5. The number of hydrogen-bond donors (Lipinski definition) is 1. The number of halogens is 1. The van der Waals surface area contributed by atoms with E-state index in [9.17, 15) is 0 Å². The van der Waals surface area contributed by atoms with Gasteiger partial charge in [0.15, 0.2) is 5.69 Å². The first kappa shape index (κ1) is 9.17. The molecule has 0 aliphatic heterocycles. The van der Waals surface area contributed by atoms with E-state index in [1.54, 1.807) is 0 Å². The van der Waals surface area contributed by atoms with Crippen LogP contribution in [0.5, 0.6) is 0 Å². The Bertz CT molecular complexity index is 391. The number of rotatable bonds is 1. The Morgan fingerprint density at radius 3 is 2.92 bits per heavy atom. The molecule has 1 N–H and O–H groups in total. The first-order chi connectivity index (χ1) is 5.69. The van der Waals surface area contributed by atoms with Crippen LogP contribution in [0.2, 0.25) is 5.15 Å². The average Bonchev–Trinajstić information content (AvgIpc) is 2.05. The molecular weight excluding hydrogens is 194 g/mol. The molecular formula is C7H6ClN3S. The van der Waals surface area contributed by atoms with Crippen LogP contribution >= 0.6 is 23.8 Å². The number of hydrogen-bond acceptors (Lipinski definition) is 3. The zero-order chi connectivity index (χ0) is 9.14. The molecule has 62 valence electrons. The molecule has 0 spiro atoms. The second-order valence-electron chi connectivity index (χ2n) is 2.14. The van der Waals surface area contributed by atoms with Gasteiger partial charge in [0, 0.05) is 0 Å². The molecule has 0 bridgehead atoms. The third kappa shape index (κ3) is 1.63. The van der Waals surface area contributed by atoms with Gasteiger partial charge in [-0.15, -0.1) is 0 Å². The van der Waals surface area contributed by atoms with Crippen LogP contribution in [0.1, 0.15) is 18.3 Å². The molecule has 0 atom stereocenters. The van der Waals surface area contributed by atoms with Crippen LogP contribution in [0.25, 0.3) is 0 Å². The number of aromatic nitrogens is 2. The quantitative estimate of drug-likeness (QED) is 0.706. The summed E-state index contributed by atoms with van der Waals surface area (Å²) in [6.07, 6.45) is 0.696. The van der Waals surface area contributed by atoms with E-state index in [0.29, 0.717) is 16.8 Å². The zero-order valence-electron chi connectivity index (χ0n) is 6.39. The highest BCUT2D eigenvalue weighted by Crippen LogP contribution is 2.10. The molecule has 12 heavy (non-hydrogen) atoms. The van der Waals surface area contributed by atoms with Gasteiger partial charge in [0.1, 0.15) is 15.9 Å². The molecule has 0 saturated carbocycles. The standard InChI is InChI=1S/C7H6ClN3S/c1-2-4-7(12)11-6(8)5(3-9)10-4/h2H2,1H3,(H,11,12). The van der Waals surface area contributed by atoms with E-state index in [-0.39, 0.29) is 10.8 Å². The molecule has 0 amide bonds. The molecule has 0 aliphatic carbocycles. The molecule has 0 fully saturated rings. The van der Waals surface area contributed by atoms with Crippen LogP contribution < -0.4 is 0 Å². The van der Waals surface area contributed by atoms with Crippen molar-refractivity contribution in [3.05, 3.63) is 21.2 Å². The Kier molecular flexibility index (Phi) is 2.79. The van der Waals surface area contributed by atoms with Crippen LogP contribution in [-0.2, 0) is 6.42 Å². The third-order valence-electron chi connectivity index (χ3n) is 1.38. The Balaban J connectivity index is 3.40. The van der Waals surface area contributed by atoms with E-state index in [4.69, 9.17) is 29.1 Å². The highest BCUT2D eigenvalue weighted by Gasteiger charge is 2.03. The summed E-state index contributed by atoms with van der Waals surface area (Å²) in [5.74, 6) is 0. The van der Waals surface area contributed by atoms with Gasteiger partial charge in [-0.1, -0.05) is 30.7 Å².